The first kappa shape index (κ1) is 42.7. The zero-order chi connectivity index (χ0) is 42.7. The van der Waals surface area contributed by atoms with E-state index in [2.05, 4.69) is 9.71 Å². The molecule has 3 aliphatic heterocycles. The van der Waals surface area contributed by atoms with Crippen molar-refractivity contribution in [2.24, 2.45) is 17.3 Å². The standard InChI is InChI=1S/C42H53F2N3O11S/c1-24-9-7-8-10-26-21-42(26,38(51)46-59(52,53)40(5)14-15-40)22-32(48)31-19-27(57-36-29-11-12-33-35(55-18-17-54-33)28(29)13-16-45-36)23-47(31)37(50)30(25(2)56-24)20-34(49)58-39(3,4)41(6,43)44/h8,10-13,16,24-27,30-31H,7,9,14-15,17-23H2,1-6H3,(H,46,51)/b10-8-/t24-,25+,26-,27-,30+,31+,42-/m1/s1. The van der Waals surface area contributed by atoms with E-state index in [0.29, 0.717) is 68.1 Å². The first-order valence-electron chi connectivity index (χ1n) is 20.3. The lowest BCUT2D eigenvalue weighted by molar-refractivity contribution is -0.198. The van der Waals surface area contributed by atoms with Crippen LogP contribution in [-0.2, 0) is 38.7 Å². The third-order valence-corrected chi connectivity index (χ3v) is 14.9. The van der Waals surface area contributed by atoms with E-state index in [9.17, 15) is 36.4 Å². The van der Waals surface area contributed by atoms with Gasteiger partial charge in [-0.3, -0.25) is 23.9 Å². The fourth-order valence-electron chi connectivity index (χ4n) is 8.16. The monoisotopic (exact) mass is 845 g/mol. The van der Waals surface area contributed by atoms with Crippen molar-refractivity contribution in [1.29, 1.82) is 0 Å². The van der Waals surface area contributed by atoms with Gasteiger partial charge in [0.05, 0.1) is 47.3 Å². The van der Waals surface area contributed by atoms with Gasteiger partial charge in [-0.25, -0.2) is 22.2 Å². The summed E-state index contributed by atoms with van der Waals surface area (Å²) < 4.78 is 86.2. The number of halogens is 2. The summed E-state index contributed by atoms with van der Waals surface area (Å²) >= 11 is 0. The Morgan fingerprint density at radius 2 is 1.80 bits per heavy atom. The van der Waals surface area contributed by atoms with Crippen LogP contribution in [0.5, 0.6) is 17.4 Å². The molecule has 1 aromatic heterocycles. The molecule has 7 atom stereocenters. The lowest BCUT2D eigenvalue weighted by Gasteiger charge is -2.34. The Hall–Kier alpha value is -4.38. The second-order valence-corrected chi connectivity index (χ2v) is 19.8. The molecule has 1 N–H and O–H groups in total. The van der Waals surface area contributed by atoms with Crippen LogP contribution < -0.4 is 18.9 Å². The highest BCUT2D eigenvalue weighted by atomic mass is 32.2. The highest BCUT2D eigenvalue weighted by Crippen LogP contribution is 2.58. The van der Waals surface area contributed by atoms with Crippen LogP contribution in [0.1, 0.15) is 92.9 Å². The van der Waals surface area contributed by atoms with Crippen molar-refractivity contribution in [3.8, 4) is 17.4 Å². The number of nitrogens with zero attached hydrogens (tertiary/aromatic N) is 2. The summed E-state index contributed by atoms with van der Waals surface area (Å²) in [5, 5.41) is 1.28. The number of ketones is 1. The lowest BCUT2D eigenvalue weighted by atomic mass is 9.90. The highest BCUT2D eigenvalue weighted by molar-refractivity contribution is 7.91. The van der Waals surface area contributed by atoms with Gasteiger partial charge in [0.2, 0.25) is 27.7 Å². The molecule has 5 aliphatic rings. The lowest BCUT2D eigenvalue weighted by Crippen LogP contribution is -2.50. The van der Waals surface area contributed by atoms with E-state index < -0.39 is 97.9 Å². The number of esters is 1. The maximum absolute atomic E-state index is 14.9. The summed E-state index contributed by atoms with van der Waals surface area (Å²) in [4.78, 5) is 62.7. The van der Waals surface area contributed by atoms with Crippen LogP contribution >= 0.6 is 0 Å². The third kappa shape index (κ3) is 8.50. The molecule has 17 heteroatoms. The number of benzene rings is 1. The Labute approximate surface area is 342 Å². The predicted molar refractivity (Wildman–Crippen MR) is 209 cm³/mol. The van der Waals surface area contributed by atoms with Crippen LogP contribution in [0, 0.1) is 17.3 Å². The van der Waals surface area contributed by atoms with Gasteiger partial charge in [0.25, 0.3) is 5.92 Å². The van der Waals surface area contributed by atoms with Gasteiger partial charge in [-0.05, 0) is 90.8 Å². The number of fused-ring (bicyclic) bond motifs is 5. The molecule has 2 aromatic rings. The topological polar surface area (TPSA) is 177 Å². The summed E-state index contributed by atoms with van der Waals surface area (Å²) in [5.41, 5.74) is -3.57. The van der Waals surface area contributed by atoms with Crippen LogP contribution in [-0.4, -0.2) is 102 Å². The normalized spacial score (nSPS) is 30.3. The molecule has 2 saturated carbocycles. The minimum atomic E-state index is -4.03. The van der Waals surface area contributed by atoms with Crippen molar-refractivity contribution in [1.82, 2.24) is 14.6 Å². The van der Waals surface area contributed by atoms with Gasteiger partial charge < -0.3 is 28.6 Å². The van der Waals surface area contributed by atoms with E-state index in [1.54, 1.807) is 45.2 Å². The minimum Gasteiger partial charge on any atom is -0.486 e. The second kappa shape index (κ2) is 15.6. The maximum Gasteiger partial charge on any atom is 0.307 e. The smallest absolute Gasteiger partial charge is 0.307 e. The molecule has 0 bridgehead atoms. The number of allylic oxidation sites excluding steroid dienone is 2. The van der Waals surface area contributed by atoms with Crippen LogP contribution in [0.25, 0.3) is 10.8 Å². The van der Waals surface area contributed by atoms with E-state index in [0.717, 1.165) is 13.8 Å². The van der Waals surface area contributed by atoms with Crippen LogP contribution in [0.4, 0.5) is 8.78 Å². The van der Waals surface area contributed by atoms with Crippen LogP contribution in [0.2, 0.25) is 0 Å². The number of pyridine rings is 1. The molecule has 14 nitrogen and oxygen atoms in total. The predicted octanol–water partition coefficient (Wildman–Crippen LogP) is 5.45. The fraction of sp³-hybridized carbons (Fsp3) is 0.643. The summed E-state index contributed by atoms with van der Waals surface area (Å²) in [6.45, 7) is 8.40. The molecule has 0 unspecified atom stereocenters. The van der Waals surface area contributed by atoms with Crippen LogP contribution in [0.3, 0.4) is 0 Å². The third-order valence-electron chi connectivity index (χ3n) is 12.8. The van der Waals surface area contributed by atoms with Gasteiger partial charge in [0.1, 0.15) is 19.3 Å². The van der Waals surface area contributed by atoms with Crippen molar-refractivity contribution < 1.29 is 60.1 Å². The average Bonchev–Trinajstić information content (AvgIpc) is 4.04. The number of Topliss-reactive ketones (excluding diaryl/α,β-unsaturated/α-hetero) is 1. The molecular formula is C42H53F2N3O11S. The molecule has 1 saturated heterocycles. The number of rotatable bonds is 9. The molecule has 322 valence electrons. The zero-order valence-corrected chi connectivity index (χ0v) is 35.1. The fourth-order valence-corrected chi connectivity index (χ4v) is 9.49. The first-order chi connectivity index (χ1) is 27.6. The molecule has 1 aromatic carbocycles. The van der Waals surface area contributed by atoms with E-state index in [1.165, 1.54) is 4.90 Å². The first-order valence-corrected chi connectivity index (χ1v) is 21.8. The number of aromatic nitrogens is 1. The van der Waals surface area contributed by atoms with Crippen molar-refractivity contribution in [2.45, 2.75) is 134 Å². The Bertz CT molecular complexity index is 2150. The van der Waals surface area contributed by atoms with Gasteiger partial charge in [-0.15, -0.1) is 0 Å². The van der Waals surface area contributed by atoms with Gasteiger partial charge in [0.15, 0.2) is 22.9 Å². The second-order valence-electron chi connectivity index (χ2n) is 17.6. The average molecular weight is 846 g/mol. The van der Waals surface area contributed by atoms with Crippen molar-refractivity contribution in [3.05, 3.63) is 36.5 Å². The number of amides is 2. The molecule has 2 amide bonds. The number of carbonyl (C=O) groups is 4. The summed E-state index contributed by atoms with van der Waals surface area (Å²) in [6, 6.07) is 4.10. The number of hydrogen-bond acceptors (Lipinski definition) is 12. The van der Waals surface area contributed by atoms with Crippen molar-refractivity contribution in [2.75, 3.05) is 19.8 Å². The zero-order valence-electron chi connectivity index (χ0n) is 34.3. The number of ether oxygens (including phenoxy) is 5. The Morgan fingerprint density at radius 1 is 1.07 bits per heavy atom. The maximum atomic E-state index is 14.9. The minimum absolute atomic E-state index is 0.0281. The van der Waals surface area contributed by atoms with Crippen molar-refractivity contribution >= 4 is 44.4 Å². The summed E-state index contributed by atoms with van der Waals surface area (Å²) in [5.74, 6) is -6.78. The number of alkyl halides is 2. The Balaban J connectivity index is 1.23. The Kier molecular flexibility index (Phi) is 11.3. The highest BCUT2D eigenvalue weighted by Gasteiger charge is 2.63. The molecule has 0 radical (unpaired) electrons. The van der Waals surface area contributed by atoms with Gasteiger partial charge >= 0.3 is 5.97 Å². The van der Waals surface area contributed by atoms with Crippen molar-refractivity contribution in [3.63, 3.8) is 0 Å². The molecule has 7 rings (SSSR count). The summed E-state index contributed by atoms with van der Waals surface area (Å²) in [6.07, 6.45) is 4.09. The number of carbonyl (C=O) groups excluding carboxylic acids is 4. The molecular weight excluding hydrogens is 793 g/mol. The van der Waals surface area contributed by atoms with E-state index in [1.807, 2.05) is 12.2 Å². The van der Waals surface area contributed by atoms with E-state index >= 15 is 0 Å². The largest absolute Gasteiger partial charge is 0.486 e. The molecule has 3 fully saturated rings. The van der Waals surface area contributed by atoms with E-state index in [-0.39, 0.29) is 31.7 Å². The quantitative estimate of drug-likeness (QED) is 0.250. The Morgan fingerprint density at radius 3 is 2.51 bits per heavy atom. The SMILES string of the molecule is C[C@@H]1CC/C=C\[C@@H]2C[C@@]2(C(=O)NS(=O)(=O)C2(C)CC2)CC(=O)[C@@H]2C[C@@H](Oc3nccc4c5c(ccc34)OCCO5)CN2C(=O)[C@@H](CC(=O)OC(C)(C)C(C)(F)F)[C@H](C)O1. The number of sulfonamides is 1. The van der Waals surface area contributed by atoms with Gasteiger partial charge in [0, 0.05) is 36.7 Å². The van der Waals surface area contributed by atoms with Crippen LogP contribution in [0.15, 0.2) is 36.5 Å². The molecule has 59 heavy (non-hydrogen) atoms. The number of hydrogen-bond donors (Lipinski definition) is 1. The molecule has 0 spiro atoms. The molecule has 2 aliphatic carbocycles. The van der Waals surface area contributed by atoms with Gasteiger partial charge in [-0.1, -0.05) is 12.2 Å². The summed E-state index contributed by atoms with van der Waals surface area (Å²) in [7, 11) is -4.03. The number of nitrogens with one attached hydrogen (secondary N) is 1. The molecule has 4 heterocycles. The van der Waals surface area contributed by atoms with E-state index in [4.69, 9.17) is 23.7 Å². The van der Waals surface area contributed by atoms with Gasteiger partial charge in [-0.2, -0.15) is 0 Å².